The third kappa shape index (κ3) is 4.35. The molecule has 0 rings (SSSR count). The van der Waals surface area contributed by atoms with Crippen LogP contribution in [0, 0.1) is 0 Å². The first-order valence-electron chi connectivity index (χ1n) is 2.91. The minimum absolute atomic E-state index is 0.0243. The van der Waals surface area contributed by atoms with Gasteiger partial charge in [-0.15, -0.1) is 0 Å². The molecule has 0 aromatic heterocycles. The van der Waals surface area contributed by atoms with Crippen LogP contribution in [0.2, 0.25) is 0 Å². The highest BCUT2D eigenvalue weighted by Gasteiger charge is 2.01. The van der Waals surface area contributed by atoms with E-state index in [4.69, 9.17) is 15.3 Å². The number of aliphatic hydroxyl groups is 3. The number of hydrogen-bond donors (Lipinski definition) is 4. The first-order chi connectivity index (χ1) is 4.35. The molecule has 0 radical (unpaired) electrons. The zero-order valence-electron chi connectivity index (χ0n) is 5.25. The van der Waals surface area contributed by atoms with E-state index in [1.165, 1.54) is 0 Å². The summed E-state index contributed by atoms with van der Waals surface area (Å²) in [4.78, 5) is 0. The van der Waals surface area contributed by atoms with Crippen LogP contribution < -0.4 is 5.32 Å². The molecule has 56 valence electrons. The van der Waals surface area contributed by atoms with Gasteiger partial charge in [0.2, 0.25) is 0 Å². The Morgan fingerprint density at radius 1 is 1.11 bits per heavy atom. The maximum Gasteiger partial charge on any atom is 0.0607 e. The van der Waals surface area contributed by atoms with Crippen LogP contribution >= 0.6 is 0 Å². The third-order valence-electron chi connectivity index (χ3n) is 0.986. The highest BCUT2D eigenvalue weighted by Crippen LogP contribution is 1.76. The average Bonchev–Trinajstić information content (AvgIpc) is 1.91. The lowest BCUT2D eigenvalue weighted by Crippen LogP contribution is -2.37. The van der Waals surface area contributed by atoms with E-state index in [1.54, 1.807) is 0 Å². The highest BCUT2D eigenvalue weighted by atomic mass is 16.3. The molecular formula is C5H13NO3. The van der Waals surface area contributed by atoms with E-state index in [0.29, 0.717) is 6.54 Å². The Hall–Kier alpha value is -0.160. The Morgan fingerprint density at radius 3 is 2.00 bits per heavy atom. The molecule has 4 nitrogen and oxygen atoms in total. The third-order valence-corrected chi connectivity index (χ3v) is 0.986. The Balaban J connectivity index is 3.09. The minimum Gasteiger partial charge on any atom is -0.395 e. The van der Waals surface area contributed by atoms with Crippen molar-refractivity contribution in [1.29, 1.82) is 0 Å². The number of nitrogens with one attached hydrogen (secondary N) is 1. The molecule has 0 atom stereocenters. The summed E-state index contributed by atoms with van der Waals surface area (Å²) in [5, 5.41) is 27.9. The molecule has 0 aliphatic carbocycles. The van der Waals surface area contributed by atoms with Crippen molar-refractivity contribution >= 4 is 0 Å². The summed E-state index contributed by atoms with van der Waals surface area (Å²) in [6.07, 6.45) is 0. The van der Waals surface area contributed by atoms with E-state index >= 15 is 0 Å². The van der Waals surface area contributed by atoms with Gasteiger partial charge < -0.3 is 20.6 Å². The van der Waals surface area contributed by atoms with Crippen molar-refractivity contribution in [3.8, 4) is 0 Å². The topological polar surface area (TPSA) is 72.7 Å². The summed E-state index contributed by atoms with van der Waals surface area (Å²) in [6, 6.07) is -0.294. The van der Waals surface area contributed by atoms with E-state index in [1.807, 2.05) is 0 Å². The molecule has 0 saturated carbocycles. The van der Waals surface area contributed by atoms with Crippen LogP contribution in [0.1, 0.15) is 0 Å². The zero-order valence-corrected chi connectivity index (χ0v) is 5.25. The molecule has 0 aromatic carbocycles. The van der Waals surface area contributed by atoms with Gasteiger partial charge in [-0.25, -0.2) is 0 Å². The van der Waals surface area contributed by atoms with E-state index < -0.39 is 0 Å². The predicted molar refractivity (Wildman–Crippen MR) is 33.0 cm³/mol. The van der Waals surface area contributed by atoms with Gasteiger partial charge in [-0.3, -0.25) is 0 Å². The number of rotatable bonds is 5. The van der Waals surface area contributed by atoms with E-state index in [-0.39, 0.29) is 25.9 Å². The Bertz CT molecular complexity index is 56.2. The summed E-state index contributed by atoms with van der Waals surface area (Å²) in [5.41, 5.74) is 0. The molecule has 0 unspecified atom stereocenters. The van der Waals surface area contributed by atoms with Crippen LogP contribution in [0.15, 0.2) is 0 Å². The molecule has 0 fully saturated rings. The molecule has 0 aromatic rings. The average molecular weight is 135 g/mol. The highest BCUT2D eigenvalue weighted by molar-refractivity contribution is 4.61. The van der Waals surface area contributed by atoms with E-state index in [9.17, 15) is 0 Å². The maximum absolute atomic E-state index is 8.45. The Kier molecular flexibility index (Phi) is 5.86. The standard InChI is InChI=1S/C5H13NO3/c7-2-1-6-5(3-8)4-9/h5-9H,1-4H2. The zero-order chi connectivity index (χ0) is 7.11. The van der Waals surface area contributed by atoms with Crippen LogP contribution in [0.5, 0.6) is 0 Å². The summed E-state index contributed by atoms with van der Waals surface area (Å²) in [7, 11) is 0. The molecule has 4 heteroatoms. The molecular weight excluding hydrogens is 122 g/mol. The monoisotopic (exact) mass is 135 g/mol. The van der Waals surface area contributed by atoms with Crippen molar-refractivity contribution in [2.75, 3.05) is 26.4 Å². The maximum atomic E-state index is 8.45. The Morgan fingerprint density at radius 2 is 1.67 bits per heavy atom. The summed E-state index contributed by atoms with van der Waals surface area (Å²) < 4.78 is 0. The lowest BCUT2D eigenvalue weighted by atomic mass is 10.3. The van der Waals surface area contributed by atoms with Crippen LogP contribution in [0.4, 0.5) is 0 Å². The van der Waals surface area contributed by atoms with Crippen molar-refractivity contribution in [3.05, 3.63) is 0 Å². The fraction of sp³-hybridized carbons (Fsp3) is 1.00. The van der Waals surface area contributed by atoms with Crippen molar-refractivity contribution in [1.82, 2.24) is 5.32 Å². The SMILES string of the molecule is OCCNC(CO)CO. The van der Waals surface area contributed by atoms with Crippen LogP contribution in [-0.4, -0.2) is 47.7 Å². The fourth-order valence-corrected chi connectivity index (χ4v) is 0.456. The predicted octanol–water partition coefficient (Wildman–Crippen LogP) is -2.08. The summed E-state index contributed by atoms with van der Waals surface area (Å²) >= 11 is 0. The molecule has 9 heavy (non-hydrogen) atoms. The smallest absolute Gasteiger partial charge is 0.0607 e. The van der Waals surface area contributed by atoms with Gasteiger partial charge >= 0.3 is 0 Å². The van der Waals surface area contributed by atoms with Gasteiger partial charge in [-0.2, -0.15) is 0 Å². The minimum atomic E-state index is -0.294. The second kappa shape index (κ2) is 5.97. The van der Waals surface area contributed by atoms with Crippen molar-refractivity contribution in [2.45, 2.75) is 6.04 Å². The van der Waals surface area contributed by atoms with Crippen LogP contribution in [-0.2, 0) is 0 Å². The second-order valence-electron chi connectivity index (χ2n) is 1.74. The quantitative estimate of drug-likeness (QED) is 0.349. The van der Waals surface area contributed by atoms with Crippen molar-refractivity contribution in [2.24, 2.45) is 0 Å². The van der Waals surface area contributed by atoms with Crippen molar-refractivity contribution < 1.29 is 15.3 Å². The molecule has 0 spiro atoms. The van der Waals surface area contributed by atoms with Gasteiger partial charge in [0.1, 0.15) is 0 Å². The molecule has 0 saturated heterocycles. The van der Waals surface area contributed by atoms with Gasteiger partial charge in [-0.05, 0) is 0 Å². The van der Waals surface area contributed by atoms with E-state index in [2.05, 4.69) is 5.32 Å². The molecule has 0 amide bonds. The molecule has 4 N–H and O–H groups in total. The van der Waals surface area contributed by atoms with Gasteiger partial charge in [-0.1, -0.05) is 0 Å². The lowest BCUT2D eigenvalue weighted by Gasteiger charge is -2.10. The number of aliphatic hydroxyl groups excluding tert-OH is 3. The number of hydrogen-bond acceptors (Lipinski definition) is 4. The summed E-state index contributed by atoms with van der Waals surface area (Å²) in [5.74, 6) is 0. The lowest BCUT2D eigenvalue weighted by molar-refractivity contribution is 0.164. The largest absolute Gasteiger partial charge is 0.395 e. The molecule has 0 aliphatic heterocycles. The van der Waals surface area contributed by atoms with Crippen molar-refractivity contribution in [3.63, 3.8) is 0 Å². The summed E-state index contributed by atoms with van der Waals surface area (Å²) in [6.45, 7) is 0.231. The Labute approximate surface area is 54.1 Å². The van der Waals surface area contributed by atoms with E-state index in [0.717, 1.165) is 0 Å². The first-order valence-corrected chi connectivity index (χ1v) is 2.91. The van der Waals surface area contributed by atoms with Gasteiger partial charge in [0.05, 0.1) is 25.9 Å². The first kappa shape index (κ1) is 8.84. The van der Waals surface area contributed by atoms with Gasteiger partial charge in [0.15, 0.2) is 0 Å². The second-order valence-corrected chi connectivity index (χ2v) is 1.74. The fourth-order valence-electron chi connectivity index (χ4n) is 0.456. The molecule has 0 bridgehead atoms. The normalized spacial score (nSPS) is 10.7. The van der Waals surface area contributed by atoms with Gasteiger partial charge in [0, 0.05) is 6.54 Å². The molecule has 0 heterocycles. The molecule has 0 aliphatic rings. The van der Waals surface area contributed by atoms with Crippen LogP contribution in [0.25, 0.3) is 0 Å². The van der Waals surface area contributed by atoms with Crippen LogP contribution in [0.3, 0.4) is 0 Å². The van der Waals surface area contributed by atoms with Gasteiger partial charge in [0.25, 0.3) is 0 Å².